The lowest BCUT2D eigenvalue weighted by atomic mass is 10.1. The SMILES string of the molecule is CC(C)CN(CC(N)=O)c1ccc(Cl)cc1CNC1CC1. The van der Waals surface area contributed by atoms with Gasteiger partial charge >= 0.3 is 0 Å². The molecule has 116 valence electrons. The molecule has 0 aromatic heterocycles. The van der Waals surface area contributed by atoms with Gasteiger partial charge in [-0.1, -0.05) is 25.4 Å². The molecule has 1 aliphatic rings. The number of amides is 1. The lowest BCUT2D eigenvalue weighted by molar-refractivity contribution is -0.116. The Morgan fingerprint density at radius 3 is 2.76 bits per heavy atom. The van der Waals surface area contributed by atoms with E-state index in [0.717, 1.165) is 29.4 Å². The first kappa shape index (κ1) is 16.1. The van der Waals surface area contributed by atoms with Gasteiger partial charge in [-0.25, -0.2) is 0 Å². The van der Waals surface area contributed by atoms with Crippen molar-refractivity contribution in [3.8, 4) is 0 Å². The fraction of sp³-hybridized carbons (Fsp3) is 0.562. The Balaban J connectivity index is 2.20. The smallest absolute Gasteiger partial charge is 0.236 e. The molecule has 0 aliphatic heterocycles. The normalized spacial score (nSPS) is 14.5. The average molecular weight is 310 g/mol. The Morgan fingerprint density at radius 2 is 2.19 bits per heavy atom. The van der Waals surface area contributed by atoms with Crippen LogP contribution in [0.3, 0.4) is 0 Å². The molecular weight excluding hydrogens is 286 g/mol. The summed E-state index contributed by atoms with van der Waals surface area (Å²) in [4.78, 5) is 13.4. The number of nitrogens with zero attached hydrogens (tertiary/aromatic N) is 1. The maximum atomic E-state index is 11.4. The molecule has 21 heavy (non-hydrogen) atoms. The average Bonchev–Trinajstić information content (AvgIpc) is 3.18. The fourth-order valence-corrected chi connectivity index (χ4v) is 2.62. The van der Waals surface area contributed by atoms with Gasteiger partial charge in [0.05, 0.1) is 6.54 Å². The minimum Gasteiger partial charge on any atom is -0.368 e. The third kappa shape index (κ3) is 5.21. The molecule has 1 aliphatic carbocycles. The zero-order chi connectivity index (χ0) is 15.4. The maximum Gasteiger partial charge on any atom is 0.236 e. The first-order valence-electron chi connectivity index (χ1n) is 7.50. The third-order valence-electron chi connectivity index (χ3n) is 3.47. The fourth-order valence-electron chi connectivity index (χ4n) is 2.42. The van der Waals surface area contributed by atoms with Crippen molar-refractivity contribution in [3.63, 3.8) is 0 Å². The number of carbonyl (C=O) groups is 1. The minimum absolute atomic E-state index is 0.232. The van der Waals surface area contributed by atoms with E-state index in [1.54, 1.807) is 0 Å². The van der Waals surface area contributed by atoms with Crippen molar-refractivity contribution in [2.24, 2.45) is 11.7 Å². The summed E-state index contributed by atoms with van der Waals surface area (Å²) >= 11 is 6.13. The summed E-state index contributed by atoms with van der Waals surface area (Å²) in [6, 6.07) is 6.45. The summed E-state index contributed by atoms with van der Waals surface area (Å²) < 4.78 is 0. The summed E-state index contributed by atoms with van der Waals surface area (Å²) in [6.45, 7) is 6.06. The second-order valence-corrected chi connectivity index (χ2v) is 6.61. The number of carbonyl (C=O) groups excluding carboxylic acids is 1. The summed E-state index contributed by atoms with van der Waals surface area (Å²) in [5.41, 5.74) is 7.56. The van der Waals surface area contributed by atoms with Gasteiger partial charge < -0.3 is 16.0 Å². The summed E-state index contributed by atoms with van der Waals surface area (Å²) in [6.07, 6.45) is 2.49. The van der Waals surface area contributed by atoms with E-state index in [1.807, 2.05) is 23.1 Å². The quantitative estimate of drug-likeness (QED) is 0.776. The van der Waals surface area contributed by atoms with E-state index in [0.29, 0.717) is 12.0 Å². The van der Waals surface area contributed by atoms with Gasteiger partial charge in [-0.2, -0.15) is 0 Å². The molecule has 5 heteroatoms. The molecule has 0 saturated heterocycles. The standard InChI is InChI=1S/C16H24ClN3O/c1-11(2)9-20(10-16(18)21)15-6-3-13(17)7-12(15)8-19-14-4-5-14/h3,6-7,11,14,19H,4-5,8-10H2,1-2H3,(H2,18,21). The Labute approximate surface area is 131 Å². The highest BCUT2D eigenvalue weighted by Gasteiger charge is 2.21. The number of hydrogen-bond donors (Lipinski definition) is 2. The molecule has 0 spiro atoms. The molecule has 0 unspecified atom stereocenters. The van der Waals surface area contributed by atoms with Crippen LogP contribution in [0.1, 0.15) is 32.3 Å². The highest BCUT2D eigenvalue weighted by molar-refractivity contribution is 6.30. The van der Waals surface area contributed by atoms with Gasteiger partial charge in [0.15, 0.2) is 0 Å². The Bertz CT molecular complexity index is 500. The molecule has 1 saturated carbocycles. The molecule has 3 N–H and O–H groups in total. The van der Waals surface area contributed by atoms with Crippen LogP contribution < -0.4 is 16.0 Å². The lowest BCUT2D eigenvalue weighted by Gasteiger charge is -2.28. The van der Waals surface area contributed by atoms with Crippen molar-refractivity contribution in [1.82, 2.24) is 5.32 Å². The number of nitrogens with one attached hydrogen (secondary N) is 1. The van der Waals surface area contributed by atoms with E-state index in [-0.39, 0.29) is 12.5 Å². The maximum absolute atomic E-state index is 11.4. The van der Waals surface area contributed by atoms with Crippen molar-refractivity contribution in [1.29, 1.82) is 0 Å². The number of halogens is 1. The summed E-state index contributed by atoms with van der Waals surface area (Å²) in [5, 5.41) is 4.22. The van der Waals surface area contributed by atoms with Crippen LogP contribution in [0.5, 0.6) is 0 Å². The van der Waals surface area contributed by atoms with Crippen LogP contribution in [0.2, 0.25) is 5.02 Å². The lowest BCUT2D eigenvalue weighted by Crippen LogP contribution is -2.37. The topological polar surface area (TPSA) is 58.4 Å². The Hall–Kier alpha value is -1.26. The number of hydrogen-bond acceptors (Lipinski definition) is 3. The van der Waals surface area contributed by atoms with E-state index in [2.05, 4.69) is 19.2 Å². The van der Waals surface area contributed by atoms with E-state index < -0.39 is 0 Å². The van der Waals surface area contributed by atoms with E-state index in [4.69, 9.17) is 17.3 Å². The molecule has 0 heterocycles. The van der Waals surface area contributed by atoms with Crippen LogP contribution in [-0.2, 0) is 11.3 Å². The van der Waals surface area contributed by atoms with Gasteiger partial charge in [0.25, 0.3) is 0 Å². The van der Waals surface area contributed by atoms with Gasteiger partial charge in [0.1, 0.15) is 0 Å². The first-order valence-corrected chi connectivity index (χ1v) is 7.88. The van der Waals surface area contributed by atoms with Gasteiger partial charge in [-0.15, -0.1) is 0 Å². The van der Waals surface area contributed by atoms with E-state index in [9.17, 15) is 4.79 Å². The van der Waals surface area contributed by atoms with Gasteiger partial charge in [-0.3, -0.25) is 4.79 Å². The number of benzene rings is 1. The molecule has 0 radical (unpaired) electrons. The van der Waals surface area contributed by atoms with Crippen LogP contribution in [0.15, 0.2) is 18.2 Å². The molecule has 1 fully saturated rings. The van der Waals surface area contributed by atoms with E-state index >= 15 is 0 Å². The second-order valence-electron chi connectivity index (χ2n) is 6.17. The first-order chi connectivity index (χ1) is 9.95. The van der Waals surface area contributed by atoms with Crippen LogP contribution >= 0.6 is 11.6 Å². The van der Waals surface area contributed by atoms with Gasteiger partial charge in [-0.05, 0) is 42.5 Å². The third-order valence-corrected chi connectivity index (χ3v) is 3.71. The predicted octanol–water partition coefficient (Wildman–Crippen LogP) is 2.54. The van der Waals surface area contributed by atoms with Crippen molar-refractivity contribution in [2.45, 2.75) is 39.3 Å². The van der Waals surface area contributed by atoms with Crippen molar-refractivity contribution < 1.29 is 4.79 Å². The summed E-state index contributed by atoms with van der Waals surface area (Å²) in [5.74, 6) is 0.135. The minimum atomic E-state index is -0.313. The van der Waals surface area contributed by atoms with Crippen LogP contribution in [0.4, 0.5) is 5.69 Å². The number of rotatable bonds is 8. The van der Waals surface area contributed by atoms with Crippen LogP contribution in [0.25, 0.3) is 0 Å². The van der Waals surface area contributed by atoms with Crippen LogP contribution in [-0.4, -0.2) is 25.0 Å². The molecule has 1 aromatic rings. The van der Waals surface area contributed by atoms with Gasteiger partial charge in [0, 0.05) is 29.8 Å². The largest absolute Gasteiger partial charge is 0.368 e. The van der Waals surface area contributed by atoms with Crippen molar-refractivity contribution in [2.75, 3.05) is 18.0 Å². The number of nitrogens with two attached hydrogens (primary N) is 1. The molecule has 4 nitrogen and oxygen atoms in total. The Morgan fingerprint density at radius 1 is 1.48 bits per heavy atom. The highest BCUT2D eigenvalue weighted by atomic mass is 35.5. The zero-order valence-corrected chi connectivity index (χ0v) is 13.5. The molecular formula is C16H24ClN3O. The Kier molecular flexibility index (Phi) is 5.48. The second kappa shape index (κ2) is 7.14. The van der Waals surface area contributed by atoms with Gasteiger partial charge in [0.2, 0.25) is 5.91 Å². The highest BCUT2D eigenvalue weighted by Crippen LogP contribution is 2.27. The summed E-state index contributed by atoms with van der Waals surface area (Å²) in [7, 11) is 0. The molecule has 2 rings (SSSR count). The molecule has 0 bridgehead atoms. The number of anilines is 1. The van der Waals surface area contributed by atoms with Crippen molar-refractivity contribution >= 4 is 23.2 Å². The van der Waals surface area contributed by atoms with Crippen LogP contribution in [0, 0.1) is 5.92 Å². The number of primary amides is 1. The molecule has 1 amide bonds. The monoisotopic (exact) mass is 309 g/mol. The van der Waals surface area contributed by atoms with Crippen molar-refractivity contribution in [3.05, 3.63) is 28.8 Å². The molecule has 1 aromatic carbocycles. The zero-order valence-electron chi connectivity index (χ0n) is 12.7. The molecule has 0 atom stereocenters. The predicted molar refractivity (Wildman–Crippen MR) is 87.6 cm³/mol. The van der Waals surface area contributed by atoms with E-state index in [1.165, 1.54) is 12.8 Å².